The molecule has 0 aromatic rings. The Labute approximate surface area is 113 Å². The van der Waals surface area contributed by atoms with Gasteiger partial charge in [0, 0.05) is 0 Å². The van der Waals surface area contributed by atoms with Crippen LogP contribution in [0.3, 0.4) is 0 Å². The first kappa shape index (κ1) is 13.4. The zero-order chi connectivity index (χ0) is 13.1. The van der Waals surface area contributed by atoms with E-state index in [2.05, 4.69) is 9.98 Å². The van der Waals surface area contributed by atoms with Crippen LogP contribution < -0.4 is 0 Å². The van der Waals surface area contributed by atoms with Gasteiger partial charge in [-0.25, -0.2) is 9.59 Å². The maximum atomic E-state index is 11.5. The second-order valence-electron chi connectivity index (χ2n) is 3.33. The Bertz CT molecular complexity index is 396. The Hall–Kier alpha value is -1.02. The van der Waals surface area contributed by atoms with E-state index in [1.807, 2.05) is 0 Å². The van der Waals surface area contributed by atoms with Crippen LogP contribution in [0.5, 0.6) is 0 Å². The van der Waals surface area contributed by atoms with Gasteiger partial charge in [-0.15, -0.1) is 0 Å². The average molecular weight is 288 g/mol. The quantitative estimate of drug-likeness (QED) is 0.720. The molecule has 98 valence electrons. The lowest BCUT2D eigenvalue weighted by molar-refractivity contribution is -0.135. The molecule has 2 unspecified atom stereocenters. The standard InChI is InChI=1S/C10H12N2O4S2/c1-3-15-9(13)7-11-5-6(17-7)12-8(18-5)10(14)16-4-2/h5-6H,3-4H2,1-2H3. The Kier molecular flexibility index (Phi) is 4.28. The monoisotopic (exact) mass is 288 g/mol. The van der Waals surface area contributed by atoms with E-state index >= 15 is 0 Å². The van der Waals surface area contributed by atoms with Crippen molar-refractivity contribution >= 4 is 45.5 Å². The van der Waals surface area contributed by atoms with Gasteiger partial charge in [-0.1, -0.05) is 23.5 Å². The lowest BCUT2D eigenvalue weighted by atomic mass is 10.6. The van der Waals surface area contributed by atoms with Crippen LogP contribution in [0.4, 0.5) is 0 Å². The van der Waals surface area contributed by atoms with Crippen molar-refractivity contribution in [1.29, 1.82) is 0 Å². The van der Waals surface area contributed by atoms with Crippen LogP contribution in [0, 0.1) is 0 Å². The summed E-state index contributed by atoms with van der Waals surface area (Å²) >= 11 is 2.46. The van der Waals surface area contributed by atoms with E-state index in [1.165, 1.54) is 23.5 Å². The Balaban J connectivity index is 1.96. The van der Waals surface area contributed by atoms with Crippen molar-refractivity contribution in [2.75, 3.05) is 13.2 Å². The summed E-state index contributed by atoms with van der Waals surface area (Å²) in [6.07, 6.45) is 0. The number of rotatable bonds is 4. The van der Waals surface area contributed by atoms with Gasteiger partial charge in [0.1, 0.15) is 10.7 Å². The second kappa shape index (κ2) is 5.75. The van der Waals surface area contributed by atoms with Crippen molar-refractivity contribution < 1.29 is 19.1 Å². The van der Waals surface area contributed by atoms with Gasteiger partial charge in [0.05, 0.1) is 13.2 Å². The molecule has 18 heavy (non-hydrogen) atoms. The number of hydrogen-bond acceptors (Lipinski definition) is 8. The number of carbonyl (C=O) groups is 2. The van der Waals surface area contributed by atoms with E-state index in [1.54, 1.807) is 13.8 Å². The minimum absolute atomic E-state index is 0.228. The number of fused-ring (bicyclic) bond motifs is 1. The largest absolute Gasteiger partial charge is 0.461 e. The first-order valence-corrected chi connectivity index (χ1v) is 7.24. The molecule has 0 spiro atoms. The minimum atomic E-state index is -0.426. The summed E-state index contributed by atoms with van der Waals surface area (Å²) in [5.41, 5.74) is 0. The third-order valence-corrected chi connectivity index (χ3v) is 4.47. The summed E-state index contributed by atoms with van der Waals surface area (Å²) in [5.74, 6) is -0.851. The first-order chi connectivity index (χ1) is 8.65. The van der Waals surface area contributed by atoms with Crippen LogP contribution in [-0.4, -0.2) is 46.0 Å². The number of hydrogen-bond donors (Lipinski definition) is 0. The number of esters is 2. The molecule has 2 aliphatic rings. The minimum Gasteiger partial charge on any atom is -0.461 e. The molecule has 0 bridgehead atoms. The molecule has 2 heterocycles. The summed E-state index contributed by atoms with van der Waals surface area (Å²) in [6, 6.07) is 0. The van der Waals surface area contributed by atoms with Crippen molar-refractivity contribution in [3.8, 4) is 0 Å². The lowest BCUT2D eigenvalue weighted by Crippen LogP contribution is -2.15. The van der Waals surface area contributed by atoms with Crippen molar-refractivity contribution in [2.45, 2.75) is 24.6 Å². The van der Waals surface area contributed by atoms with Gasteiger partial charge >= 0.3 is 11.9 Å². The van der Waals surface area contributed by atoms with E-state index in [0.29, 0.717) is 23.3 Å². The second-order valence-corrected chi connectivity index (χ2v) is 5.54. The zero-order valence-corrected chi connectivity index (χ0v) is 11.5. The number of aliphatic imine (C=N–C) groups is 2. The summed E-state index contributed by atoms with van der Waals surface area (Å²) in [4.78, 5) is 31.4. The van der Waals surface area contributed by atoms with Gasteiger partial charge < -0.3 is 9.47 Å². The van der Waals surface area contributed by atoms with Crippen molar-refractivity contribution in [2.24, 2.45) is 9.98 Å². The van der Waals surface area contributed by atoms with Crippen LogP contribution >= 0.6 is 23.5 Å². The van der Waals surface area contributed by atoms with Crippen LogP contribution in [0.1, 0.15) is 13.8 Å². The molecule has 2 rings (SSSR count). The summed E-state index contributed by atoms with van der Waals surface area (Å²) in [6.45, 7) is 4.12. The number of carbonyl (C=O) groups excluding carboxylic acids is 2. The topological polar surface area (TPSA) is 77.3 Å². The van der Waals surface area contributed by atoms with Gasteiger partial charge in [-0.2, -0.15) is 0 Å². The highest BCUT2D eigenvalue weighted by Gasteiger charge is 2.41. The predicted octanol–water partition coefficient (Wildman–Crippen LogP) is 1.06. The molecular weight excluding hydrogens is 276 g/mol. The predicted molar refractivity (Wildman–Crippen MR) is 70.9 cm³/mol. The third-order valence-electron chi connectivity index (χ3n) is 2.10. The summed E-state index contributed by atoms with van der Waals surface area (Å²) in [5, 5.41) is 0.194. The highest BCUT2D eigenvalue weighted by atomic mass is 32.2. The van der Waals surface area contributed by atoms with E-state index in [-0.39, 0.29) is 10.7 Å². The zero-order valence-electron chi connectivity index (χ0n) is 9.91. The molecule has 0 aliphatic carbocycles. The van der Waals surface area contributed by atoms with Gasteiger partial charge in [-0.3, -0.25) is 9.98 Å². The fourth-order valence-corrected chi connectivity index (χ4v) is 3.66. The Morgan fingerprint density at radius 3 is 1.72 bits per heavy atom. The lowest BCUT2D eigenvalue weighted by Gasteiger charge is -2.01. The van der Waals surface area contributed by atoms with Gasteiger partial charge in [0.2, 0.25) is 0 Å². The smallest absolute Gasteiger partial charge is 0.363 e. The Morgan fingerprint density at radius 2 is 1.39 bits per heavy atom. The third kappa shape index (κ3) is 2.69. The molecule has 2 atom stereocenters. The van der Waals surface area contributed by atoms with E-state index < -0.39 is 11.9 Å². The van der Waals surface area contributed by atoms with Crippen LogP contribution in [0.15, 0.2) is 9.98 Å². The summed E-state index contributed by atoms with van der Waals surface area (Å²) < 4.78 is 9.73. The fourth-order valence-electron chi connectivity index (χ4n) is 1.40. The molecule has 0 saturated heterocycles. The van der Waals surface area contributed by atoms with Crippen molar-refractivity contribution in [3.63, 3.8) is 0 Å². The van der Waals surface area contributed by atoms with E-state index in [9.17, 15) is 9.59 Å². The maximum Gasteiger partial charge on any atom is 0.363 e. The molecule has 0 aromatic heterocycles. The molecule has 8 heteroatoms. The first-order valence-electron chi connectivity index (χ1n) is 5.48. The highest BCUT2D eigenvalue weighted by molar-refractivity contribution is 8.21. The van der Waals surface area contributed by atoms with E-state index in [4.69, 9.17) is 9.47 Å². The Morgan fingerprint density at radius 1 is 1.00 bits per heavy atom. The molecule has 6 nitrogen and oxygen atoms in total. The molecule has 0 saturated carbocycles. The van der Waals surface area contributed by atoms with Crippen molar-refractivity contribution in [3.05, 3.63) is 0 Å². The highest BCUT2D eigenvalue weighted by Crippen LogP contribution is 2.40. The van der Waals surface area contributed by atoms with Crippen LogP contribution in [0.2, 0.25) is 0 Å². The fraction of sp³-hybridized carbons (Fsp3) is 0.600. The maximum absolute atomic E-state index is 11.5. The van der Waals surface area contributed by atoms with E-state index in [0.717, 1.165) is 0 Å². The van der Waals surface area contributed by atoms with Gasteiger partial charge in [-0.05, 0) is 13.8 Å². The number of ether oxygens (including phenoxy) is 2. The number of nitrogens with zero attached hydrogens (tertiary/aromatic N) is 2. The van der Waals surface area contributed by atoms with Crippen molar-refractivity contribution in [1.82, 2.24) is 0 Å². The van der Waals surface area contributed by atoms with Gasteiger partial charge in [0.25, 0.3) is 0 Å². The normalized spacial score (nSPS) is 25.2. The molecular formula is C10H12N2O4S2. The molecule has 0 N–H and O–H groups in total. The summed E-state index contributed by atoms with van der Waals surface area (Å²) in [7, 11) is 0. The molecule has 0 amide bonds. The molecule has 0 fully saturated rings. The van der Waals surface area contributed by atoms with Gasteiger partial charge in [0.15, 0.2) is 10.1 Å². The molecule has 0 aromatic carbocycles. The molecule has 2 aliphatic heterocycles. The number of thioether (sulfide) groups is 2. The average Bonchev–Trinajstić information content (AvgIpc) is 2.86. The molecule has 0 radical (unpaired) electrons. The SMILES string of the molecule is CCOC(=O)C1=NC2SC(C(=O)OCC)=NC2S1. The van der Waals surface area contributed by atoms with Crippen LogP contribution in [-0.2, 0) is 19.1 Å². The van der Waals surface area contributed by atoms with Crippen LogP contribution in [0.25, 0.3) is 0 Å².